The highest BCUT2D eigenvalue weighted by atomic mass is 14.7. The Hall–Kier alpha value is -2.91. The van der Waals surface area contributed by atoms with Crippen LogP contribution in [-0.4, -0.2) is 4.98 Å². The van der Waals surface area contributed by atoms with E-state index < -0.39 is 0 Å². The van der Waals surface area contributed by atoms with E-state index in [1.807, 2.05) is 6.07 Å². The monoisotopic (exact) mass is 231 g/mol. The van der Waals surface area contributed by atoms with Gasteiger partial charge in [0.05, 0.1) is 22.9 Å². The molecule has 0 amide bonds. The highest BCUT2D eigenvalue weighted by molar-refractivity contribution is 5.88. The van der Waals surface area contributed by atoms with Crippen LogP contribution >= 0.6 is 0 Å². The van der Waals surface area contributed by atoms with Crippen LogP contribution in [0.5, 0.6) is 0 Å². The smallest absolute Gasteiger partial charge is 0.101 e. The molecule has 0 fully saturated rings. The van der Waals surface area contributed by atoms with Crippen LogP contribution in [0.25, 0.3) is 11.6 Å². The molecule has 0 aliphatic rings. The van der Waals surface area contributed by atoms with Crippen molar-refractivity contribution in [2.45, 2.75) is 0 Å². The van der Waals surface area contributed by atoms with E-state index in [0.717, 1.165) is 5.56 Å². The fourth-order valence-corrected chi connectivity index (χ4v) is 1.51. The molecular weight excluding hydrogens is 222 g/mol. The molecule has 0 N–H and O–H groups in total. The van der Waals surface area contributed by atoms with E-state index in [1.165, 1.54) is 0 Å². The fourth-order valence-electron chi connectivity index (χ4n) is 1.51. The van der Waals surface area contributed by atoms with Crippen LogP contribution in [0.15, 0.2) is 48.7 Å². The van der Waals surface area contributed by atoms with Crippen molar-refractivity contribution in [3.8, 4) is 12.1 Å². The number of benzene rings is 1. The lowest BCUT2D eigenvalue weighted by atomic mass is 10.1. The van der Waals surface area contributed by atoms with Gasteiger partial charge in [0.1, 0.15) is 6.07 Å². The Labute approximate surface area is 105 Å². The summed E-state index contributed by atoms with van der Waals surface area (Å²) in [6.07, 6.45) is 3.41. The summed E-state index contributed by atoms with van der Waals surface area (Å²) in [6, 6.07) is 16.7. The molecular formula is C15H9N3. The summed E-state index contributed by atoms with van der Waals surface area (Å²) >= 11 is 0. The highest BCUT2D eigenvalue weighted by Crippen LogP contribution is 2.15. The van der Waals surface area contributed by atoms with Gasteiger partial charge in [-0.1, -0.05) is 18.2 Å². The normalized spacial score (nSPS) is 10.4. The van der Waals surface area contributed by atoms with Crippen molar-refractivity contribution in [1.29, 1.82) is 10.5 Å². The van der Waals surface area contributed by atoms with Crippen molar-refractivity contribution >= 4 is 11.6 Å². The highest BCUT2D eigenvalue weighted by Gasteiger charge is 2.01. The molecule has 0 saturated carbocycles. The summed E-state index contributed by atoms with van der Waals surface area (Å²) in [4.78, 5) is 4.14. The minimum Gasteiger partial charge on any atom is -0.256 e. The van der Waals surface area contributed by atoms with E-state index in [1.54, 1.807) is 48.7 Å². The minimum absolute atomic E-state index is 0.500. The molecule has 0 unspecified atom stereocenters. The lowest BCUT2D eigenvalue weighted by Gasteiger charge is -1.98. The predicted molar refractivity (Wildman–Crippen MR) is 68.9 cm³/mol. The zero-order valence-corrected chi connectivity index (χ0v) is 9.54. The van der Waals surface area contributed by atoms with E-state index in [4.69, 9.17) is 10.5 Å². The van der Waals surface area contributed by atoms with Gasteiger partial charge in [-0.25, -0.2) is 0 Å². The lowest BCUT2D eigenvalue weighted by molar-refractivity contribution is 1.28. The molecule has 18 heavy (non-hydrogen) atoms. The van der Waals surface area contributed by atoms with Gasteiger partial charge in [-0.2, -0.15) is 10.5 Å². The van der Waals surface area contributed by atoms with Crippen molar-refractivity contribution in [2.75, 3.05) is 0 Å². The fraction of sp³-hybridized carbons (Fsp3) is 0. The van der Waals surface area contributed by atoms with Gasteiger partial charge in [0, 0.05) is 6.20 Å². The average Bonchev–Trinajstić information content (AvgIpc) is 2.46. The van der Waals surface area contributed by atoms with Gasteiger partial charge in [0.15, 0.2) is 0 Å². The molecule has 0 aliphatic heterocycles. The first-order valence-corrected chi connectivity index (χ1v) is 5.37. The Morgan fingerprint density at radius 1 is 1.06 bits per heavy atom. The molecule has 3 heteroatoms. The zero-order valence-electron chi connectivity index (χ0n) is 9.54. The van der Waals surface area contributed by atoms with E-state index in [0.29, 0.717) is 16.8 Å². The molecule has 0 spiro atoms. The van der Waals surface area contributed by atoms with Crippen molar-refractivity contribution in [2.24, 2.45) is 0 Å². The third-order valence-electron chi connectivity index (χ3n) is 2.41. The largest absolute Gasteiger partial charge is 0.256 e. The van der Waals surface area contributed by atoms with Gasteiger partial charge in [0.2, 0.25) is 0 Å². The molecule has 3 nitrogen and oxygen atoms in total. The number of hydrogen-bond donors (Lipinski definition) is 0. The summed E-state index contributed by atoms with van der Waals surface area (Å²) in [5.74, 6) is 0. The van der Waals surface area contributed by atoms with Crippen LogP contribution in [0.1, 0.15) is 16.8 Å². The van der Waals surface area contributed by atoms with E-state index in [-0.39, 0.29) is 0 Å². The summed E-state index contributed by atoms with van der Waals surface area (Å²) in [6.45, 7) is 0. The van der Waals surface area contributed by atoms with Crippen LogP contribution in [0.3, 0.4) is 0 Å². The van der Waals surface area contributed by atoms with Crippen molar-refractivity contribution in [1.82, 2.24) is 4.98 Å². The number of hydrogen-bond acceptors (Lipinski definition) is 3. The second-order valence-electron chi connectivity index (χ2n) is 3.62. The summed E-state index contributed by atoms with van der Waals surface area (Å²) in [5, 5.41) is 17.8. The minimum atomic E-state index is 0.500. The Balaban J connectivity index is 2.36. The first-order valence-electron chi connectivity index (χ1n) is 5.37. The molecule has 1 aromatic heterocycles. The quantitative estimate of drug-likeness (QED) is 0.746. The van der Waals surface area contributed by atoms with Gasteiger partial charge in [-0.15, -0.1) is 0 Å². The van der Waals surface area contributed by atoms with Crippen LogP contribution in [0.4, 0.5) is 0 Å². The summed E-state index contributed by atoms with van der Waals surface area (Å²) in [5.41, 5.74) is 2.62. The molecule has 2 aromatic rings. The van der Waals surface area contributed by atoms with Crippen LogP contribution in [0.2, 0.25) is 0 Å². The maximum Gasteiger partial charge on any atom is 0.101 e. The molecule has 0 atom stereocenters. The number of aromatic nitrogens is 1. The van der Waals surface area contributed by atoms with Gasteiger partial charge in [-0.3, -0.25) is 4.98 Å². The van der Waals surface area contributed by atoms with Gasteiger partial charge in [0.25, 0.3) is 0 Å². The second kappa shape index (κ2) is 5.43. The Morgan fingerprint density at radius 2 is 1.83 bits per heavy atom. The third-order valence-corrected chi connectivity index (χ3v) is 2.41. The molecule has 1 aromatic carbocycles. The first kappa shape index (κ1) is 11.6. The number of pyridine rings is 1. The van der Waals surface area contributed by atoms with E-state index in [2.05, 4.69) is 17.1 Å². The van der Waals surface area contributed by atoms with Gasteiger partial charge in [-0.05, 0) is 35.9 Å². The maximum absolute atomic E-state index is 9.13. The maximum atomic E-state index is 9.13. The second-order valence-corrected chi connectivity index (χ2v) is 3.62. The number of allylic oxidation sites excluding steroid dienone is 1. The SMILES string of the molecule is N#C/C(=C/c1ccc(C#N)cc1)c1ccccn1. The molecule has 0 saturated heterocycles. The zero-order chi connectivity index (χ0) is 12.8. The number of nitrogens with zero attached hydrogens (tertiary/aromatic N) is 3. The molecule has 0 bridgehead atoms. The molecule has 84 valence electrons. The Morgan fingerprint density at radius 3 is 2.39 bits per heavy atom. The van der Waals surface area contributed by atoms with Gasteiger partial charge >= 0.3 is 0 Å². The predicted octanol–water partition coefficient (Wildman–Crippen LogP) is 3.02. The third kappa shape index (κ3) is 2.61. The Bertz CT molecular complexity index is 641. The van der Waals surface area contributed by atoms with Gasteiger partial charge < -0.3 is 0 Å². The lowest BCUT2D eigenvalue weighted by Crippen LogP contribution is -1.86. The van der Waals surface area contributed by atoms with Crippen molar-refractivity contribution < 1.29 is 0 Å². The standard InChI is InChI=1S/C15H9N3/c16-10-13-6-4-12(5-7-13)9-14(11-17)15-3-1-2-8-18-15/h1-9H/b14-9-. The molecule has 0 aliphatic carbocycles. The topological polar surface area (TPSA) is 60.5 Å². The van der Waals surface area contributed by atoms with Crippen LogP contribution in [-0.2, 0) is 0 Å². The Kier molecular flexibility index (Phi) is 3.49. The molecule has 1 heterocycles. The molecule has 2 rings (SSSR count). The molecule has 0 radical (unpaired) electrons. The summed E-state index contributed by atoms with van der Waals surface area (Å²) in [7, 11) is 0. The number of rotatable bonds is 2. The summed E-state index contributed by atoms with van der Waals surface area (Å²) < 4.78 is 0. The van der Waals surface area contributed by atoms with Crippen molar-refractivity contribution in [3.05, 3.63) is 65.5 Å². The number of nitriles is 2. The van der Waals surface area contributed by atoms with Crippen molar-refractivity contribution in [3.63, 3.8) is 0 Å². The van der Waals surface area contributed by atoms with Crippen LogP contribution in [0, 0.1) is 22.7 Å². The van der Waals surface area contributed by atoms with Crippen LogP contribution < -0.4 is 0 Å². The average molecular weight is 231 g/mol. The van der Waals surface area contributed by atoms with E-state index in [9.17, 15) is 0 Å². The first-order chi connectivity index (χ1) is 8.83. The van der Waals surface area contributed by atoms with E-state index >= 15 is 0 Å².